The van der Waals surface area contributed by atoms with Crippen molar-refractivity contribution in [2.45, 2.75) is 25.9 Å². The van der Waals surface area contributed by atoms with Crippen molar-refractivity contribution < 1.29 is 4.74 Å². The van der Waals surface area contributed by atoms with Gasteiger partial charge in [0, 0.05) is 12.2 Å². The molecule has 1 aromatic rings. The van der Waals surface area contributed by atoms with Gasteiger partial charge in [-0.15, -0.1) is 0 Å². The third kappa shape index (κ3) is 2.55. The van der Waals surface area contributed by atoms with Crippen LogP contribution in [0.25, 0.3) is 0 Å². The van der Waals surface area contributed by atoms with Crippen molar-refractivity contribution in [3.8, 4) is 0 Å². The average molecular weight is 206 g/mol. The Bertz CT molecular complexity index is 323. The van der Waals surface area contributed by atoms with Crippen LogP contribution in [-0.2, 0) is 17.7 Å². The van der Waals surface area contributed by atoms with Gasteiger partial charge in [0.05, 0.1) is 24.9 Å². The summed E-state index contributed by atoms with van der Waals surface area (Å²) in [4.78, 5) is 6.90. The van der Waals surface area contributed by atoms with Crippen LogP contribution >= 0.6 is 0 Å². The minimum absolute atomic E-state index is 0.581. The lowest BCUT2D eigenvalue weighted by atomic mass is 10.2. The number of aromatic nitrogens is 1. The molecule has 0 amide bonds. The SMILES string of the molecule is CCc1cccc(CN(C)C2COC2)n1. The molecule has 15 heavy (non-hydrogen) atoms. The van der Waals surface area contributed by atoms with E-state index in [4.69, 9.17) is 4.74 Å². The molecular formula is C12H18N2O. The summed E-state index contributed by atoms with van der Waals surface area (Å²) in [6, 6.07) is 6.84. The third-order valence-electron chi connectivity index (χ3n) is 2.88. The summed E-state index contributed by atoms with van der Waals surface area (Å²) in [5.74, 6) is 0. The van der Waals surface area contributed by atoms with Crippen LogP contribution in [-0.4, -0.2) is 36.2 Å². The lowest BCUT2D eigenvalue weighted by Gasteiger charge is -2.34. The summed E-state index contributed by atoms with van der Waals surface area (Å²) in [5, 5.41) is 0. The average Bonchev–Trinajstić information content (AvgIpc) is 2.15. The van der Waals surface area contributed by atoms with Crippen LogP contribution in [0.2, 0.25) is 0 Å². The molecule has 1 saturated heterocycles. The van der Waals surface area contributed by atoms with Gasteiger partial charge in [-0.25, -0.2) is 0 Å². The molecule has 1 aromatic heterocycles. The van der Waals surface area contributed by atoms with Crippen molar-refractivity contribution in [2.75, 3.05) is 20.3 Å². The molecule has 2 heterocycles. The van der Waals surface area contributed by atoms with Crippen LogP contribution in [0.4, 0.5) is 0 Å². The van der Waals surface area contributed by atoms with E-state index in [0.717, 1.165) is 31.9 Å². The van der Waals surface area contributed by atoms with E-state index >= 15 is 0 Å². The first-order valence-corrected chi connectivity index (χ1v) is 5.52. The minimum atomic E-state index is 0.581. The second-order valence-corrected chi connectivity index (χ2v) is 4.08. The maximum Gasteiger partial charge on any atom is 0.0645 e. The highest BCUT2D eigenvalue weighted by Crippen LogP contribution is 2.11. The molecule has 0 aliphatic carbocycles. The second-order valence-electron chi connectivity index (χ2n) is 4.08. The highest BCUT2D eigenvalue weighted by atomic mass is 16.5. The Hall–Kier alpha value is -0.930. The highest BCUT2D eigenvalue weighted by Gasteiger charge is 2.23. The molecule has 2 rings (SSSR count). The molecule has 0 radical (unpaired) electrons. The van der Waals surface area contributed by atoms with Gasteiger partial charge < -0.3 is 4.74 Å². The summed E-state index contributed by atoms with van der Waals surface area (Å²) < 4.78 is 5.18. The van der Waals surface area contributed by atoms with Gasteiger partial charge in [-0.2, -0.15) is 0 Å². The van der Waals surface area contributed by atoms with Gasteiger partial charge in [0.25, 0.3) is 0 Å². The Morgan fingerprint density at radius 2 is 2.13 bits per heavy atom. The zero-order chi connectivity index (χ0) is 10.7. The number of hydrogen-bond donors (Lipinski definition) is 0. The number of likely N-dealkylation sites (N-methyl/N-ethyl adjacent to an activating group) is 1. The van der Waals surface area contributed by atoms with Crippen LogP contribution in [0.15, 0.2) is 18.2 Å². The lowest BCUT2D eigenvalue weighted by Crippen LogP contribution is -2.46. The number of nitrogens with zero attached hydrogens (tertiary/aromatic N) is 2. The normalized spacial score (nSPS) is 16.7. The van der Waals surface area contributed by atoms with Crippen molar-refractivity contribution in [2.24, 2.45) is 0 Å². The Morgan fingerprint density at radius 1 is 1.40 bits per heavy atom. The molecule has 0 N–H and O–H groups in total. The zero-order valence-corrected chi connectivity index (χ0v) is 9.44. The van der Waals surface area contributed by atoms with Gasteiger partial charge >= 0.3 is 0 Å². The molecule has 3 heteroatoms. The summed E-state index contributed by atoms with van der Waals surface area (Å²) in [6.45, 7) is 4.78. The standard InChI is InChI=1S/C12H18N2O/c1-3-10-5-4-6-11(13-10)7-14(2)12-8-15-9-12/h4-6,12H,3,7-9H2,1-2H3. The molecule has 0 spiro atoms. The van der Waals surface area contributed by atoms with E-state index in [-0.39, 0.29) is 0 Å². The topological polar surface area (TPSA) is 25.4 Å². The summed E-state index contributed by atoms with van der Waals surface area (Å²) in [5.41, 5.74) is 2.33. The first-order chi connectivity index (χ1) is 7.29. The first kappa shape index (κ1) is 10.6. The highest BCUT2D eigenvalue weighted by molar-refractivity contribution is 5.11. The summed E-state index contributed by atoms with van der Waals surface area (Å²) >= 11 is 0. The van der Waals surface area contributed by atoms with E-state index in [9.17, 15) is 0 Å². The molecule has 0 aromatic carbocycles. The Labute approximate surface area is 91.1 Å². The smallest absolute Gasteiger partial charge is 0.0645 e. The van der Waals surface area contributed by atoms with Crippen LogP contribution in [0.3, 0.4) is 0 Å². The fourth-order valence-corrected chi connectivity index (χ4v) is 1.68. The molecule has 0 atom stereocenters. The first-order valence-electron chi connectivity index (χ1n) is 5.52. The monoisotopic (exact) mass is 206 g/mol. The number of hydrogen-bond acceptors (Lipinski definition) is 3. The van der Waals surface area contributed by atoms with Crippen molar-refractivity contribution in [1.29, 1.82) is 0 Å². The fraction of sp³-hybridized carbons (Fsp3) is 0.583. The van der Waals surface area contributed by atoms with E-state index in [0.29, 0.717) is 6.04 Å². The van der Waals surface area contributed by atoms with E-state index in [1.54, 1.807) is 0 Å². The van der Waals surface area contributed by atoms with Gasteiger partial charge in [-0.3, -0.25) is 9.88 Å². The van der Waals surface area contributed by atoms with E-state index < -0.39 is 0 Å². The van der Waals surface area contributed by atoms with E-state index in [1.807, 2.05) is 0 Å². The Kier molecular flexibility index (Phi) is 3.34. The maximum absolute atomic E-state index is 5.18. The fourth-order valence-electron chi connectivity index (χ4n) is 1.68. The van der Waals surface area contributed by atoms with Crippen molar-refractivity contribution >= 4 is 0 Å². The molecule has 0 unspecified atom stereocenters. The lowest BCUT2D eigenvalue weighted by molar-refractivity contribution is -0.0589. The maximum atomic E-state index is 5.18. The number of pyridine rings is 1. The molecule has 0 bridgehead atoms. The summed E-state index contributed by atoms with van der Waals surface area (Å²) in [6.07, 6.45) is 1.00. The number of aryl methyl sites for hydroxylation is 1. The minimum Gasteiger partial charge on any atom is -0.378 e. The predicted octanol–water partition coefficient (Wildman–Crippen LogP) is 1.47. The van der Waals surface area contributed by atoms with Crippen LogP contribution < -0.4 is 0 Å². The van der Waals surface area contributed by atoms with Crippen molar-refractivity contribution in [3.63, 3.8) is 0 Å². The summed E-state index contributed by atoms with van der Waals surface area (Å²) in [7, 11) is 2.13. The van der Waals surface area contributed by atoms with Crippen LogP contribution in [0.1, 0.15) is 18.3 Å². The Balaban J connectivity index is 1.96. The quantitative estimate of drug-likeness (QED) is 0.746. The molecule has 1 fully saturated rings. The van der Waals surface area contributed by atoms with E-state index in [1.165, 1.54) is 5.69 Å². The van der Waals surface area contributed by atoms with Crippen molar-refractivity contribution in [1.82, 2.24) is 9.88 Å². The molecule has 1 aliphatic rings. The largest absolute Gasteiger partial charge is 0.378 e. The molecule has 3 nitrogen and oxygen atoms in total. The van der Waals surface area contributed by atoms with Crippen LogP contribution in [0, 0.1) is 0 Å². The number of ether oxygens (including phenoxy) is 1. The van der Waals surface area contributed by atoms with Gasteiger partial charge in [-0.1, -0.05) is 13.0 Å². The molecular weight excluding hydrogens is 188 g/mol. The van der Waals surface area contributed by atoms with Gasteiger partial charge in [0.2, 0.25) is 0 Å². The van der Waals surface area contributed by atoms with Gasteiger partial charge in [-0.05, 0) is 25.6 Å². The molecule has 1 aliphatic heterocycles. The third-order valence-corrected chi connectivity index (χ3v) is 2.88. The second kappa shape index (κ2) is 4.73. The van der Waals surface area contributed by atoms with Gasteiger partial charge in [0.1, 0.15) is 0 Å². The molecule has 0 saturated carbocycles. The zero-order valence-electron chi connectivity index (χ0n) is 9.44. The van der Waals surface area contributed by atoms with Gasteiger partial charge in [0.15, 0.2) is 0 Å². The molecule has 82 valence electrons. The van der Waals surface area contributed by atoms with E-state index in [2.05, 4.69) is 42.1 Å². The Morgan fingerprint density at radius 3 is 2.73 bits per heavy atom. The predicted molar refractivity (Wildman–Crippen MR) is 59.7 cm³/mol. The number of rotatable bonds is 4. The van der Waals surface area contributed by atoms with Crippen LogP contribution in [0.5, 0.6) is 0 Å². The van der Waals surface area contributed by atoms with Crippen molar-refractivity contribution in [3.05, 3.63) is 29.6 Å².